The zero-order chi connectivity index (χ0) is 12.1. The Bertz CT molecular complexity index is 344. The summed E-state index contributed by atoms with van der Waals surface area (Å²) in [6.45, 7) is 6.98. The smallest absolute Gasteiger partial charge is 0.134 e. The summed E-state index contributed by atoms with van der Waals surface area (Å²) in [6, 6.07) is 1.84. The van der Waals surface area contributed by atoms with Gasteiger partial charge in [0.1, 0.15) is 16.2 Å². The van der Waals surface area contributed by atoms with Gasteiger partial charge in [0.2, 0.25) is 0 Å². The van der Waals surface area contributed by atoms with E-state index in [0.717, 1.165) is 16.2 Å². The van der Waals surface area contributed by atoms with Crippen LogP contribution in [-0.4, -0.2) is 28.2 Å². The number of nitrogens with zero attached hydrogens (tertiary/aromatic N) is 2. The molecule has 1 rings (SSSR count). The summed E-state index contributed by atoms with van der Waals surface area (Å²) in [5, 5.41) is 12.1. The molecular formula is C11H18BrN3O. The molecule has 0 bridgehead atoms. The van der Waals surface area contributed by atoms with Gasteiger partial charge >= 0.3 is 0 Å². The standard InChI is InChI=1S/C11H18BrN3O/c1-7(2)11-14-9(12)4-10(15-11)13-5-8(3)6-16/h4,7-8,16H,5-6H2,1-3H3,(H,13,14,15). The zero-order valence-electron chi connectivity index (χ0n) is 9.87. The monoisotopic (exact) mass is 287 g/mol. The molecule has 0 amide bonds. The Morgan fingerprint density at radius 3 is 2.62 bits per heavy atom. The van der Waals surface area contributed by atoms with Crippen LogP contribution >= 0.6 is 15.9 Å². The predicted molar refractivity (Wildman–Crippen MR) is 68.6 cm³/mol. The highest BCUT2D eigenvalue weighted by Gasteiger charge is 2.07. The summed E-state index contributed by atoms with van der Waals surface area (Å²) in [5.74, 6) is 2.13. The SMILES string of the molecule is CC(CO)CNc1cc(Br)nc(C(C)C)n1. The van der Waals surface area contributed by atoms with Crippen molar-refractivity contribution in [1.82, 2.24) is 9.97 Å². The van der Waals surface area contributed by atoms with Crippen LogP contribution < -0.4 is 5.32 Å². The number of anilines is 1. The number of aliphatic hydroxyl groups excluding tert-OH is 1. The molecule has 2 N–H and O–H groups in total. The van der Waals surface area contributed by atoms with Crippen LogP contribution in [0, 0.1) is 5.92 Å². The molecule has 1 heterocycles. The van der Waals surface area contributed by atoms with Gasteiger partial charge in [0.05, 0.1) is 0 Å². The Morgan fingerprint density at radius 2 is 2.06 bits per heavy atom. The molecule has 16 heavy (non-hydrogen) atoms. The lowest BCUT2D eigenvalue weighted by Gasteiger charge is -2.12. The van der Waals surface area contributed by atoms with Crippen molar-refractivity contribution < 1.29 is 5.11 Å². The molecule has 1 atom stereocenters. The quantitative estimate of drug-likeness (QED) is 0.817. The van der Waals surface area contributed by atoms with E-state index in [4.69, 9.17) is 5.11 Å². The largest absolute Gasteiger partial charge is 0.396 e. The number of hydrogen-bond donors (Lipinski definition) is 2. The molecule has 0 aliphatic carbocycles. The molecule has 1 aromatic rings. The van der Waals surface area contributed by atoms with Crippen molar-refractivity contribution in [3.63, 3.8) is 0 Å². The van der Waals surface area contributed by atoms with E-state index in [1.54, 1.807) is 0 Å². The predicted octanol–water partition coefficient (Wildman–Crippen LogP) is 2.40. The third kappa shape index (κ3) is 4.06. The number of rotatable bonds is 5. The fourth-order valence-electron chi connectivity index (χ4n) is 1.13. The summed E-state index contributed by atoms with van der Waals surface area (Å²) in [6.07, 6.45) is 0. The molecule has 5 heteroatoms. The van der Waals surface area contributed by atoms with Crippen molar-refractivity contribution >= 4 is 21.7 Å². The molecule has 0 aliphatic heterocycles. The Labute approximate surface area is 105 Å². The minimum absolute atomic E-state index is 0.177. The Hall–Kier alpha value is -0.680. The highest BCUT2D eigenvalue weighted by Crippen LogP contribution is 2.17. The van der Waals surface area contributed by atoms with Gasteiger partial charge in [0, 0.05) is 25.1 Å². The van der Waals surface area contributed by atoms with E-state index in [9.17, 15) is 0 Å². The maximum atomic E-state index is 8.93. The summed E-state index contributed by atoms with van der Waals surface area (Å²) in [7, 11) is 0. The Balaban J connectivity index is 2.72. The first-order chi connectivity index (χ1) is 7.52. The van der Waals surface area contributed by atoms with Gasteiger partial charge in [-0.15, -0.1) is 0 Å². The van der Waals surface area contributed by atoms with Crippen LogP contribution in [-0.2, 0) is 0 Å². The number of nitrogens with one attached hydrogen (secondary N) is 1. The Morgan fingerprint density at radius 1 is 1.38 bits per heavy atom. The van der Waals surface area contributed by atoms with Gasteiger partial charge in [-0.1, -0.05) is 20.8 Å². The van der Waals surface area contributed by atoms with E-state index in [1.165, 1.54) is 0 Å². The molecule has 1 unspecified atom stereocenters. The van der Waals surface area contributed by atoms with Gasteiger partial charge < -0.3 is 10.4 Å². The van der Waals surface area contributed by atoms with Crippen molar-refractivity contribution in [3.05, 3.63) is 16.5 Å². The van der Waals surface area contributed by atoms with Gasteiger partial charge in [0.25, 0.3) is 0 Å². The van der Waals surface area contributed by atoms with Crippen LogP contribution in [0.5, 0.6) is 0 Å². The van der Waals surface area contributed by atoms with Crippen LogP contribution in [0.15, 0.2) is 10.7 Å². The first-order valence-corrected chi connectivity index (χ1v) is 6.21. The third-order valence-electron chi connectivity index (χ3n) is 2.17. The molecule has 0 saturated carbocycles. The van der Waals surface area contributed by atoms with Crippen molar-refractivity contribution in [3.8, 4) is 0 Å². The maximum Gasteiger partial charge on any atom is 0.134 e. The fraction of sp³-hybridized carbons (Fsp3) is 0.636. The van der Waals surface area contributed by atoms with E-state index in [-0.39, 0.29) is 12.5 Å². The Kier molecular flexibility index (Phi) is 5.15. The molecule has 90 valence electrons. The van der Waals surface area contributed by atoms with Gasteiger partial charge in [-0.2, -0.15) is 0 Å². The highest BCUT2D eigenvalue weighted by molar-refractivity contribution is 9.10. The first kappa shape index (κ1) is 13.4. The maximum absolute atomic E-state index is 8.93. The second-order valence-corrected chi connectivity index (χ2v) is 5.07. The molecular weight excluding hydrogens is 270 g/mol. The molecule has 1 aromatic heterocycles. The summed E-state index contributed by atoms with van der Waals surface area (Å²) in [5.41, 5.74) is 0. The average molecular weight is 288 g/mol. The summed E-state index contributed by atoms with van der Waals surface area (Å²) >= 11 is 3.36. The van der Waals surface area contributed by atoms with Crippen LogP contribution in [0.3, 0.4) is 0 Å². The van der Waals surface area contributed by atoms with E-state index >= 15 is 0 Å². The van der Waals surface area contributed by atoms with Gasteiger partial charge in [-0.25, -0.2) is 9.97 Å². The normalized spacial score (nSPS) is 12.9. The van der Waals surface area contributed by atoms with Crippen molar-refractivity contribution in [1.29, 1.82) is 0 Å². The van der Waals surface area contributed by atoms with Crippen LogP contribution in [0.25, 0.3) is 0 Å². The average Bonchev–Trinajstić information content (AvgIpc) is 2.25. The molecule has 0 aliphatic rings. The van der Waals surface area contributed by atoms with Crippen molar-refractivity contribution in [2.45, 2.75) is 26.7 Å². The molecule has 0 spiro atoms. The fourth-order valence-corrected chi connectivity index (χ4v) is 1.53. The van der Waals surface area contributed by atoms with Crippen LogP contribution in [0.1, 0.15) is 32.5 Å². The number of aromatic nitrogens is 2. The van der Waals surface area contributed by atoms with Gasteiger partial charge in [-0.3, -0.25) is 0 Å². The first-order valence-electron chi connectivity index (χ1n) is 5.42. The lowest BCUT2D eigenvalue weighted by atomic mass is 10.2. The van der Waals surface area contributed by atoms with Crippen LogP contribution in [0.4, 0.5) is 5.82 Å². The summed E-state index contributed by atoms with van der Waals surface area (Å²) in [4.78, 5) is 8.70. The van der Waals surface area contributed by atoms with E-state index < -0.39 is 0 Å². The number of halogens is 1. The second kappa shape index (κ2) is 6.15. The number of aliphatic hydroxyl groups is 1. The van der Waals surface area contributed by atoms with E-state index in [0.29, 0.717) is 12.5 Å². The van der Waals surface area contributed by atoms with E-state index in [1.807, 2.05) is 13.0 Å². The van der Waals surface area contributed by atoms with Gasteiger partial charge in [0.15, 0.2) is 0 Å². The zero-order valence-corrected chi connectivity index (χ0v) is 11.5. The van der Waals surface area contributed by atoms with E-state index in [2.05, 4.69) is 45.1 Å². The van der Waals surface area contributed by atoms with Crippen molar-refractivity contribution in [2.24, 2.45) is 5.92 Å². The number of hydrogen-bond acceptors (Lipinski definition) is 4. The van der Waals surface area contributed by atoms with Gasteiger partial charge in [-0.05, 0) is 21.8 Å². The van der Waals surface area contributed by atoms with Crippen LogP contribution in [0.2, 0.25) is 0 Å². The van der Waals surface area contributed by atoms with Crippen molar-refractivity contribution in [2.75, 3.05) is 18.5 Å². The molecule has 0 aromatic carbocycles. The molecule has 0 fully saturated rings. The summed E-state index contributed by atoms with van der Waals surface area (Å²) < 4.78 is 0.783. The molecule has 4 nitrogen and oxygen atoms in total. The minimum atomic E-state index is 0.177. The third-order valence-corrected chi connectivity index (χ3v) is 2.58. The minimum Gasteiger partial charge on any atom is -0.396 e. The lowest BCUT2D eigenvalue weighted by molar-refractivity contribution is 0.244. The second-order valence-electron chi connectivity index (χ2n) is 4.26. The topological polar surface area (TPSA) is 58.0 Å². The molecule has 0 saturated heterocycles. The molecule has 0 radical (unpaired) electrons. The highest BCUT2D eigenvalue weighted by atomic mass is 79.9. The lowest BCUT2D eigenvalue weighted by Crippen LogP contribution is -2.16.